The first-order valence-electron chi connectivity index (χ1n) is 11.1. The van der Waals surface area contributed by atoms with Crippen LogP contribution in [0.4, 0.5) is 10.5 Å². The molecule has 34 heavy (non-hydrogen) atoms. The second-order valence-electron chi connectivity index (χ2n) is 7.82. The highest BCUT2D eigenvalue weighted by Gasteiger charge is 2.16. The van der Waals surface area contributed by atoms with Crippen molar-refractivity contribution in [3.8, 4) is 5.75 Å². The molecule has 1 aromatic heterocycles. The average Bonchev–Trinajstić information content (AvgIpc) is 2.88. The lowest BCUT2D eigenvalue weighted by Gasteiger charge is -2.24. The molecular formula is C28H26BrN3O2. The molecule has 1 N–H and O–H groups in total. The van der Waals surface area contributed by atoms with Gasteiger partial charge in [0, 0.05) is 35.9 Å². The summed E-state index contributed by atoms with van der Waals surface area (Å²) in [7, 11) is 0. The Balaban J connectivity index is 1.46. The van der Waals surface area contributed by atoms with Crippen LogP contribution in [0.25, 0.3) is 0 Å². The fourth-order valence-electron chi connectivity index (χ4n) is 3.50. The van der Waals surface area contributed by atoms with Crippen molar-refractivity contribution in [2.45, 2.75) is 19.6 Å². The minimum Gasteiger partial charge on any atom is -0.489 e. The van der Waals surface area contributed by atoms with Crippen LogP contribution in [-0.4, -0.2) is 22.5 Å². The van der Waals surface area contributed by atoms with E-state index in [1.165, 1.54) is 0 Å². The zero-order chi connectivity index (χ0) is 23.6. The summed E-state index contributed by atoms with van der Waals surface area (Å²) in [5.74, 6) is 0.775. The van der Waals surface area contributed by atoms with Gasteiger partial charge in [-0.25, -0.2) is 4.79 Å². The fourth-order valence-corrected chi connectivity index (χ4v) is 3.88. The number of nitrogens with one attached hydrogen (secondary N) is 1. The van der Waals surface area contributed by atoms with Gasteiger partial charge in [-0.15, -0.1) is 0 Å². The first-order valence-corrected chi connectivity index (χ1v) is 11.9. The molecule has 1 heterocycles. The van der Waals surface area contributed by atoms with Crippen LogP contribution in [0.2, 0.25) is 0 Å². The highest BCUT2D eigenvalue weighted by Crippen LogP contribution is 2.22. The number of para-hydroxylation sites is 1. The van der Waals surface area contributed by atoms with Crippen molar-refractivity contribution in [1.82, 2.24) is 9.88 Å². The number of pyridine rings is 1. The van der Waals surface area contributed by atoms with E-state index in [1.807, 2.05) is 97.1 Å². The van der Waals surface area contributed by atoms with Gasteiger partial charge in [0.25, 0.3) is 0 Å². The minimum absolute atomic E-state index is 0.168. The number of amides is 2. The smallest absolute Gasteiger partial charge is 0.322 e. The van der Waals surface area contributed by atoms with Crippen LogP contribution < -0.4 is 10.1 Å². The molecule has 6 heteroatoms. The molecule has 0 saturated carbocycles. The van der Waals surface area contributed by atoms with Gasteiger partial charge in [-0.05, 0) is 63.5 Å². The summed E-state index contributed by atoms with van der Waals surface area (Å²) in [4.78, 5) is 19.4. The average molecular weight is 516 g/mol. The van der Waals surface area contributed by atoms with Crippen molar-refractivity contribution >= 4 is 27.6 Å². The molecule has 0 aliphatic rings. The monoisotopic (exact) mass is 515 g/mol. The number of benzene rings is 3. The number of anilines is 1. The van der Waals surface area contributed by atoms with Crippen LogP contribution in [0.5, 0.6) is 5.75 Å². The molecule has 0 unspecified atom stereocenters. The van der Waals surface area contributed by atoms with Gasteiger partial charge in [-0.1, -0.05) is 60.7 Å². The van der Waals surface area contributed by atoms with Crippen molar-refractivity contribution < 1.29 is 9.53 Å². The van der Waals surface area contributed by atoms with Crippen LogP contribution in [0.15, 0.2) is 108 Å². The quantitative estimate of drug-likeness (QED) is 0.269. The zero-order valence-corrected chi connectivity index (χ0v) is 20.3. The van der Waals surface area contributed by atoms with Gasteiger partial charge in [-0.3, -0.25) is 4.98 Å². The van der Waals surface area contributed by atoms with E-state index in [0.29, 0.717) is 26.1 Å². The van der Waals surface area contributed by atoms with Crippen LogP contribution in [0.3, 0.4) is 0 Å². The Bertz CT molecular complexity index is 1200. The number of halogens is 1. The summed E-state index contributed by atoms with van der Waals surface area (Å²) in [6.45, 7) is 1.48. The van der Waals surface area contributed by atoms with Crippen molar-refractivity contribution in [1.29, 1.82) is 0 Å². The zero-order valence-electron chi connectivity index (χ0n) is 18.7. The maximum Gasteiger partial charge on any atom is 0.322 e. The predicted molar refractivity (Wildman–Crippen MR) is 139 cm³/mol. The molecule has 5 nitrogen and oxygen atoms in total. The predicted octanol–water partition coefficient (Wildman–Crippen LogP) is 6.70. The number of urea groups is 1. The number of nitrogens with zero attached hydrogens (tertiary/aromatic N) is 2. The second kappa shape index (κ2) is 12.0. The summed E-state index contributed by atoms with van der Waals surface area (Å²) in [6.07, 6.45) is 2.43. The molecule has 0 spiro atoms. The van der Waals surface area contributed by atoms with Crippen molar-refractivity contribution in [2.24, 2.45) is 0 Å². The van der Waals surface area contributed by atoms with E-state index in [4.69, 9.17) is 4.74 Å². The second-order valence-corrected chi connectivity index (χ2v) is 8.68. The molecule has 4 aromatic rings. The maximum absolute atomic E-state index is 13.2. The van der Waals surface area contributed by atoms with Gasteiger partial charge < -0.3 is 15.0 Å². The molecule has 0 bridgehead atoms. The van der Waals surface area contributed by atoms with Crippen molar-refractivity contribution in [2.75, 3.05) is 11.9 Å². The van der Waals surface area contributed by atoms with Gasteiger partial charge >= 0.3 is 6.03 Å². The summed E-state index contributed by atoms with van der Waals surface area (Å²) in [5.41, 5.74) is 3.78. The third-order valence-corrected chi connectivity index (χ3v) is 5.98. The van der Waals surface area contributed by atoms with Crippen molar-refractivity contribution in [3.05, 3.63) is 125 Å². The Kier molecular flexibility index (Phi) is 8.30. The Morgan fingerprint density at radius 1 is 0.882 bits per heavy atom. The van der Waals surface area contributed by atoms with Gasteiger partial charge in [0.15, 0.2) is 0 Å². The third kappa shape index (κ3) is 6.93. The molecule has 0 aliphatic carbocycles. The molecule has 172 valence electrons. The van der Waals surface area contributed by atoms with Crippen molar-refractivity contribution in [3.63, 3.8) is 0 Å². The van der Waals surface area contributed by atoms with Gasteiger partial charge in [-0.2, -0.15) is 0 Å². The topological polar surface area (TPSA) is 54.5 Å². The summed E-state index contributed by atoms with van der Waals surface area (Å²) < 4.78 is 6.82. The van der Waals surface area contributed by atoms with E-state index < -0.39 is 0 Å². The SMILES string of the molecule is O=C(Nc1ccccc1Br)N(CCc1ccccn1)Cc1cccc(OCc2ccccc2)c1. The normalized spacial score (nSPS) is 10.5. The molecular weight excluding hydrogens is 490 g/mol. The lowest BCUT2D eigenvalue weighted by Crippen LogP contribution is -2.36. The first kappa shape index (κ1) is 23.5. The number of rotatable bonds is 9. The number of hydrogen-bond donors (Lipinski definition) is 1. The number of carbonyl (C=O) groups is 1. The highest BCUT2D eigenvalue weighted by atomic mass is 79.9. The van der Waals surface area contributed by atoms with Gasteiger partial charge in [0.1, 0.15) is 12.4 Å². The Morgan fingerprint density at radius 3 is 2.44 bits per heavy atom. The molecule has 0 fully saturated rings. The highest BCUT2D eigenvalue weighted by molar-refractivity contribution is 9.10. The molecule has 2 amide bonds. The Morgan fingerprint density at radius 2 is 1.65 bits per heavy atom. The molecule has 3 aromatic carbocycles. The lowest BCUT2D eigenvalue weighted by molar-refractivity contribution is 0.209. The van der Waals surface area contributed by atoms with Crippen LogP contribution in [-0.2, 0) is 19.6 Å². The standard InChI is InChI=1S/C28H26BrN3O2/c29-26-14-4-5-15-27(26)31-28(33)32(18-16-24-12-6-7-17-30-24)20-23-11-8-13-25(19-23)34-21-22-9-2-1-3-10-22/h1-15,17,19H,16,18,20-21H2,(H,31,33). The van der Waals surface area contributed by atoms with E-state index in [-0.39, 0.29) is 6.03 Å². The summed E-state index contributed by atoms with van der Waals surface area (Å²) in [5, 5.41) is 3.02. The molecule has 4 rings (SSSR count). The van der Waals surface area contributed by atoms with E-state index in [1.54, 1.807) is 11.1 Å². The number of hydrogen-bond acceptors (Lipinski definition) is 3. The van der Waals surface area contributed by atoms with Gasteiger partial charge in [0.05, 0.1) is 5.69 Å². The molecule has 0 atom stereocenters. The fraction of sp³-hybridized carbons (Fsp3) is 0.143. The Labute approximate surface area is 208 Å². The summed E-state index contributed by atoms with van der Waals surface area (Å²) >= 11 is 3.50. The number of ether oxygens (including phenoxy) is 1. The lowest BCUT2D eigenvalue weighted by atomic mass is 10.2. The molecule has 0 saturated heterocycles. The van der Waals surface area contributed by atoms with Crippen LogP contribution in [0, 0.1) is 0 Å². The van der Waals surface area contributed by atoms with E-state index in [9.17, 15) is 4.79 Å². The minimum atomic E-state index is -0.168. The van der Waals surface area contributed by atoms with E-state index >= 15 is 0 Å². The first-order chi connectivity index (χ1) is 16.7. The molecule has 0 radical (unpaired) electrons. The van der Waals surface area contributed by atoms with Gasteiger partial charge in [0.2, 0.25) is 0 Å². The molecule has 0 aliphatic heterocycles. The largest absolute Gasteiger partial charge is 0.489 e. The third-order valence-electron chi connectivity index (χ3n) is 5.29. The van der Waals surface area contributed by atoms with E-state index in [0.717, 1.165) is 32.7 Å². The number of aromatic nitrogens is 1. The van der Waals surface area contributed by atoms with Crippen LogP contribution in [0.1, 0.15) is 16.8 Å². The number of carbonyl (C=O) groups excluding carboxylic acids is 1. The van der Waals surface area contributed by atoms with E-state index in [2.05, 4.69) is 26.2 Å². The Hall–Kier alpha value is -3.64. The maximum atomic E-state index is 13.2. The van der Waals surface area contributed by atoms with Crippen LogP contribution >= 0.6 is 15.9 Å². The summed E-state index contributed by atoms with van der Waals surface area (Å²) in [6, 6.07) is 31.2.